The Morgan fingerprint density at radius 1 is 0.198 bits per heavy atom. The van der Waals surface area contributed by atoms with Crippen LogP contribution in [0.2, 0.25) is 0 Å². The molecule has 0 radical (unpaired) electrons. The van der Waals surface area contributed by atoms with Crippen LogP contribution >= 0.6 is 0 Å². The second-order valence-corrected chi connectivity index (χ2v) is 21.7. The van der Waals surface area contributed by atoms with Crippen LogP contribution in [0.15, 0.2) is 315 Å². The fourth-order valence-electron chi connectivity index (χ4n) is 12.4. The van der Waals surface area contributed by atoms with Gasteiger partial charge in [0.25, 0.3) is 0 Å². The molecular weight excluding hydrogens is 977 g/mol. The molecule has 13 aromatic rings. The Labute approximate surface area is 475 Å². The SMILES string of the molecule is CC1(C)c2ccccc2-c2ccc(N(c3ccc(-c4ccccc4-c4ccc5ccccc5c4)cc3)c3ccc(-c4cc(-c5ccccc5)c(-c5ccc(N(c6ccccc6)c6ccccc6)cc5)cc4-c4ccccc4)cc3)cc21. The Bertz CT molecular complexity index is 4340. The first-order valence-electron chi connectivity index (χ1n) is 28.1. The van der Waals surface area contributed by atoms with Crippen molar-refractivity contribution in [3.8, 4) is 77.9 Å². The Morgan fingerprint density at radius 2 is 0.531 bits per heavy atom. The van der Waals surface area contributed by atoms with Crippen LogP contribution in [0.5, 0.6) is 0 Å². The van der Waals surface area contributed by atoms with E-state index in [0.717, 1.165) is 45.3 Å². The number of benzene rings is 13. The summed E-state index contributed by atoms with van der Waals surface area (Å²) in [6, 6.07) is 115. The van der Waals surface area contributed by atoms with Crippen LogP contribution in [0.3, 0.4) is 0 Å². The predicted octanol–water partition coefficient (Wildman–Crippen LogP) is 22.1. The first kappa shape index (κ1) is 49.0. The van der Waals surface area contributed by atoms with E-state index in [1.165, 1.54) is 88.7 Å². The molecule has 0 amide bonds. The van der Waals surface area contributed by atoms with E-state index in [-0.39, 0.29) is 5.41 Å². The van der Waals surface area contributed by atoms with Gasteiger partial charge in [-0.1, -0.05) is 238 Å². The molecule has 384 valence electrons. The molecule has 0 bridgehead atoms. The minimum Gasteiger partial charge on any atom is -0.311 e. The fourth-order valence-corrected chi connectivity index (χ4v) is 12.4. The summed E-state index contributed by atoms with van der Waals surface area (Å²) in [5.41, 5.74) is 25.9. The molecule has 0 atom stereocenters. The molecule has 13 aromatic carbocycles. The molecule has 0 unspecified atom stereocenters. The van der Waals surface area contributed by atoms with E-state index in [1.807, 2.05) is 0 Å². The maximum Gasteiger partial charge on any atom is 0.0465 e. The third-order valence-corrected chi connectivity index (χ3v) is 16.5. The van der Waals surface area contributed by atoms with Gasteiger partial charge in [-0.25, -0.2) is 0 Å². The molecule has 1 aliphatic carbocycles. The smallest absolute Gasteiger partial charge is 0.0465 e. The second-order valence-electron chi connectivity index (χ2n) is 21.7. The largest absolute Gasteiger partial charge is 0.311 e. The third-order valence-electron chi connectivity index (χ3n) is 16.5. The van der Waals surface area contributed by atoms with Gasteiger partial charge in [-0.15, -0.1) is 0 Å². The number of anilines is 6. The summed E-state index contributed by atoms with van der Waals surface area (Å²) in [6.07, 6.45) is 0. The van der Waals surface area contributed by atoms with E-state index < -0.39 is 0 Å². The topological polar surface area (TPSA) is 6.48 Å². The standard InChI is InChI=1S/C79H58N2/c1-79(2)77-34-20-19-33-71(77)72-50-49-68(52-78(72)79)81(66-43-37-58(38-44-66)69-31-17-18-32-70(69)62-36-35-55-21-15-16-26-61(55)51-62)67-47-41-60(42-48-67)76-54-73(56-22-7-3-8-23-56)75(53-74(76)57-24-9-4-10-25-57)59-39-45-65(46-40-59)80(63-27-11-5-12-28-63)64-29-13-6-14-30-64/h3-54H,1-2H3. The number of hydrogen-bond acceptors (Lipinski definition) is 2. The van der Waals surface area contributed by atoms with Crippen LogP contribution in [-0.4, -0.2) is 0 Å². The fraction of sp³-hybridized carbons (Fsp3) is 0.0380. The van der Waals surface area contributed by atoms with Crippen molar-refractivity contribution in [3.63, 3.8) is 0 Å². The lowest BCUT2D eigenvalue weighted by Gasteiger charge is -2.28. The van der Waals surface area contributed by atoms with Gasteiger partial charge in [0.05, 0.1) is 0 Å². The van der Waals surface area contributed by atoms with E-state index >= 15 is 0 Å². The van der Waals surface area contributed by atoms with E-state index in [4.69, 9.17) is 0 Å². The molecule has 2 nitrogen and oxygen atoms in total. The summed E-state index contributed by atoms with van der Waals surface area (Å²) in [6.45, 7) is 4.73. The van der Waals surface area contributed by atoms with Crippen molar-refractivity contribution < 1.29 is 0 Å². The lowest BCUT2D eigenvalue weighted by atomic mass is 9.82. The van der Waals surface area contributed by atoms with Gasteiger partial charge in [-0.3, -0.25) is 0 Å². The van der Waals surface area contributed by atoms with Crippen LogP contribution in [0.25, 0.3) is 88.7 Å². The van der Waals surface area contributed by atoms with Gasteiger partial charge >= 0.3 is 0 Å². The van der Waals surface area contributed by atoms with Crippen molar-refractivity contribution in [1.29, 1.82) is 0 Å². The third kappa shape index (κ3) is 9.17. The number of fused-ring (bicyclic) bond motifs is 4. The summed E-state index contributed by atoms with van der Waals surface area (Å²) in [4.78, 5) is 4.75. The van der Waals surface area contributed by atoms with Crippen LogP contribution in [0.1, 0.15) is 25.0 Å². The molecule has 0 aliphatic heterocycles. The van der Waals surface area contributed by atoms with E-state index in [0.29, 0.717) is 0 Å². The predicted molar refractivity (Wildman–Crippen MR) is 343 cm³/mol. The lowest BCUT2D eigenvalue weighted by Crippen LogP contribution is -2.16. The van der Waals surface area contributed by atoms with Crippen LogP contribution in [0, 0.1) is 0 Å². The maximum atomic E-state index is 2.43. The molecule has 1 aliphatic rings. The van der Waals surface area contributed by atoms with Crippen LogP contribution in [-0.2, 0) is 5.41 Å². The van der Waals surface area contributed by atoms with Crippen LogP contribution < -0.4 is 9.80 Å². The van der Waals surface area contributed by atoms with Gasteiger partial charge in [-0.05, 0) is 191 Å². The normalized spacial score (nSPS) is 12.2. The van der Waals surface area contributed by atoms with E-state index in [2.05, 4.69) is 339 Å². The van der Waals surface area contributed by atoms with Gasteiger partial charge in [-0.2, -0.15) is 0 Å². The minimum absolute atomic E-state index is 0.156. The molecule has 0 spiro atoms. The molecule has 0 fully saturated rings. The summed E-state index contributed by atoms with van der Waals surface area (Å²) in [7, 11) is 0. The lowest BCUT2D eigenvalue weighted by molar-refractivity contribution is 0.660. The van der Waals surface area contributed by atoms with Crippen molar-refractivity contribution in [2.45, 2.75) is 19.3 Å². The highest BCUT2D eigenvalue weighted by atomic mass is 15.1. The van der Waals surface area contributed by atoms with E-state index in [9.17, 15) is 0 Å². The monoisotopic (exact) mass is 1030 g/mol. The second kappa shape index (κ2) is 20.8. The highest BCUT2D eigenvalue weighted by Crippen LogP contribution is 2.51. The summed E-state index contributed by atoms with van der Waals surface area (Å²) in [5, 5.41) is 2.48. The molecule has 0 aromatic heterocycles. The van der Waals surface area contributed by atoms with Crippen molar-refractivity contribution in [2.75, 3.05) is 9.80 Å². The Balaban J connectivity index is 0.879. The van der Waals surface area contributed by atoms with E-state index in [1.54, 1.807) is 0 Å². The van der Waals surface area contributed by atoms with Gasteiger partial charge in [0, 0.05) is 39.5 Å². The zero-order valence-corrected chi connectivity index (χ0v) is 45.4. The first-order chi connectivity index (χ1) is 39.9. The number of hydrogen-bond donors (Lipinski definition) is 0. The average molecular weight is 1040 g/mol. The summed E-state index contributed by atoms with van der Waals surface area (Å²) in [5.74, 6) is 0. The Kier molecular flexibility index (Phi) is 12.6. The molecule has 0 saturated heterocycles. The van der Waals surface area contributed by atoms with Crippen molar-refractivity contribution in [1.82, 2.24) is 0 Å². The van der Waals surface area contributed by atoms with Gasteiger partial charge in [0.1, 0.15) is 0 Å². The van der Waals surface area contributed by atoms with Gasteiger partial charge in [0.2, 0.25) is 0 Å². The summed E-state index contributed by atoms with van der Waals surface area (Å²) < 4.78 is 0. The molecule has 81 heavy (non-hydrogen) atoms. The van der Waals surface area contributed by atoms with Crippen molar-refractivity contribution in [2.24, 2.45) is 0 Å². The Hall–Kier alpha value is -10.3. The van der Waals surface area contributed by atoms with Crippen molar-refractivity contribution >= 4 is 44.9 Å². The first-order valence-corrected chi connectivity index (χ1v) is 28.1. The zero-order chi connectivity index (χ0) is 54.3. The molecule has 0 N–H and O–H groups in total. The number of nitrogens with zero attached hydrogens (tertiary/aromatic N) is 2. The molecule has 2 heteroatoms. The zero-order valence-electron chi connectivity index (χ0n) is 45.4. The molecular formula is C79H58N2. The van der Waals surface area contributed by atoms with Gasteiger partial charge < -0.3 is 9.80 Å². The quantitative estimate of drug-likeness (QED) is 0.120. The highest BCUT2D eigenvalue weighted by Gasteiger charge is 2.36. The Morgan fingerprint density at radius 3 is 1.04 bits per heavy atom. The number of para-hydroxylation sites is 2. The van der Waals surface area contributed by atoms with Crippen LogP contribution in [0.4, 0.5) is 34.1 Å². The maximum absolute atomic E-state index is 2.43. The average Bonchev–Trinajstić information content (AvgIpc) is 4.07. The van der Waals surface area contributed by atoms with Gasteiger partial charge in [0.15, 0.2) is 0 Å². The molecule has 0 saturated carbocycles. The van der Waals surface area contributed by atoms with Crippen molar-refractivity contribution in [3.05, 3.63) is 327 Å². The molecule has 14 rings (SSSR count). The summed E-state index contributed by atoms with van der Waals surface area (Å²) >= 11 is 0. The highest BCUT2D eigenvalue weighted by molar-refractivity contribution is 5.97. The minimum atomic E-state index is -0.156. The number of rotatable bonds is 12. The molecule has 0 heterocycles.